The van der Waals surface area contributed by atoms with E-state index in [0.717, 1.165) is 10.6 Å². The van der Waals surface area contributed by atoms with Crippen molar-refractivity contribution >= 4 is 72.3 Å². The molecule has 1 heterocycles. The Morgan fingerprint density at radius 2 is 1.71 bits per heavy atom. The maximum atomic E-state index is 12.5. The van der Waals surface area contributed by atoms with Crippen LogP contribution in [0.15, 0.2) is 43.4 Å². The molecule has 10 nitrogen and oxygen atoms in total. The zero-order valence-corrected chi connectivity index (χ0v) is 22.9. The number of azo groups is 1. The first-order valence-corrected chi connectivity index (χ1v) is 12.2. The van der Waals surface area contributed by atoms with Crippen molar-refractivity contribution in [2.45, 2.75) is 6.92 Å². The normalized spacial score (nSPS) is 13.0. The van der Waals surface area contributed by atoms with Gasteiger partial charge in [0.15, 0.2) is 0 Å². The molecule has 12 heteroatoms. The van der Waals surface area contributed by atoms with Crippen LogP contribution in [0.3, 0.4) is 0 Å². The van der Waals surface area contributed by atoms with Gasteiger partial charge in [-0.2, -0.15) is 0 Å². The number of imide groups is 1. The number of benzene rings is 2. The monoisotopic (exact) mass is 609 g/mol. The number of fused-ring (bicyclic) bond motifs is 1. The summed E-state index contributed by atoms with van der Waals surface area (Å²) < 4.78 is 11.3. The lowest BCUT2D eigenvalue weighted by molar-refractivity contribution is -0.114. The number of amides is 3. The molecule has 3 rings (SSSR count). The molecule has 2 aromatic rings. The fourth-order valence-electron chi connectivity index (χ4n) is 3.49. The maximum absolute atomic E-state index is 12.5. The SMILES string of the molecule is COCCN(CCOC)c1ccc(N=Nc2c(Br)cc3c(c2Br)C(=O)N(C)C3=O)c(NC(C)=O)c1. The van der Waals surface area contributed by atoms with E-state index in [9.17, 15) is 14.4 Å². The highest BCUT2D eigenvalue weighted by Crippen LogP contribution is 2.42. The number of hydrogen-bond donors (Lipinski definition) is 1. The quantitative estimate of drug-likeness (QED) is 0.302. The van der Waals surface area contributed by atoms with Gasteiger partial charge in [-0.3, -0.25) is 19.3 Å². The molecule has 1 N–H and O–H groups in total. The first-order chi connectivity index (χ1) is 16.7. The maximum Gasteiger partial charge on any atom is 0.262 e. The Balaban J connectivity index is 2.00. The third-order valence-corrected chi connectivity index (χ3v) is 6.67. The number of nitrogens with one attached hydrogen (secondary N) is 1. The van der Waals surface area contributed by atoms with E-state index in [4.69, 9.17) is 9.47 Å². The van der Waals surface area contributed by atoms with E-state index in [1.165, 1.54) is 14.0 Å². The van der Waals surface area contributed by atoms with Crippen molar-refractivity contribution in [1.82, 2.24) is 4.90 Å². The molecule has 0 saturated heterocycles. The molecule has 35 heavy (non-hydrogen) atoms. The molecule has 0 saturated carbocycles. The minimum absolute atomic E-state index is 0.235. The van der Waals surface area contributed by atoms with E-state index in [2.05, 4.69) is 52.3 Å². The number of anilines is 2. The lowest BCUT2D eigenvalue weighted by atomic mass is 10.1. The van der Waals surface area contributed by atoms with E-state index in [-0.39, 0.29) is 22.9 Å². The van der Waals surface area contributed by atoms with E-state index in [0.29, 0.717) is 52.3 Å². The average molecular weight is 611 g/mol. The summed E-state index contributed by atoms with van der Waals surface area (Å²) >= 11 is 6.82. The Morgan fingerprint density at radius 3 is 2.31 bits per heavy atom. The predicted octanol–water partition coefficient (Wildman–Crippen LogP) is 4.91. The predicted molar refractivity (Wildman–Crippen MR) is 139 cm³/mol. The molecular weight excluding hydrogens is 586 g/mol. The van der Waals surface area contributed by atoms with Crippen molar-refractivity contribution in [3.8, 4) is 0 Å². The van der Waals surface area contributed by atoms with Crippen molar-refractivity contribution in [1.29, 1.82) is 0 Å². The van der Waals surface area contributed by atoms with Gasteiger partial charge in [0.1, 0.15) is 11.4 Å². The fourth-order valence-corrected chi connectivity index (χ4v) is 4.94. The lowest BCUT2D eigenvalue weighted by Crippen LogP contribution is -2.30. The van der Waals surface area contributed by atoms with Crippen LogP contribution in [0.4, 0.5) is 22.7 Å². The highest BCUT2D eigenvalue weighted by atomic mass is 79.9. The number of hydrogen-bond acceptors (Lipinski definition) is 8. The third kappa shape index (κ3) is 5.95. The Labute approximate surface area is 219 Å². The number of rotatable bonds is 10. The van der Waals surface area contributed by atoms with Crippen molar-refractivity contribution < 1.29 is 23.9 Å². The van der Waals surface area contributed by atoms with Crippen LogP contribution in [0.5, 0.6) is 0 Å². The van der Waals surface area contributed by atoms with Crippen LogP contribution in [-0.4, -0.2) is 70.2 Å². The molecule has 0 aromatic heterocycles. The number of carbonyl (C=O) groups is 3. The first-order valence-electron chi connectivity index (χ1n) is 10.6. The van der Waals surface area contributed by atoms with Gasteiger partial charge in [0.05, 0.1) is 34.5 Å². The Hall–Kier alpha value is -2.67. The second-order valence-electron chi connectivity index (χ2n) is 7.67. The van der Waals surface area contributed by atoms with Crippen LogP contribution in [-0.2, 0) is 14.3 Å². The van der Waals surface area contributed by atoms with Gasteiger partial charge < -0.3 is 19.7 Å². The highest BCUT2D eigenvalue weighted by molar-refractivity contribution is 9.11. The van der Waals surface area contributed by atoms with Crippen LogP contribution in [0.25, 0.3) is 0 Å². The topological polar surface area (TPSA) is 113 Å². The van der Waals surface area contributed by atoms with Gasteiger partial charge in [0, 0.05) is 51.4 Å². The summed E-state index contributed by atoms with van der Waals surface area (Å²) in [6.07, 6.45) is 0. The summed E-state index contributed by atoms with van der Waals surface area (Å²) in [5, 5.41) is 11.5. The molecule has 0 bridgehead atoms. The largest absolute Gasteiger partial charge is 0.383 e. The van der Waals surface area contributed by atoms with E-state index >= 15 is 0 Å². The van der Waals surface area contributed by atoms with Crippen molar-refractivity contribution in [2.24, 2.45) is 10.2 Å². The zero-order valence-electron chi connectivity index (χ0n) is 19.7. The molecule has 0 fully saturated rings. The van der Waals surface area contributed by atoms with Gasteiger partial charge >= 0.3 is 0 Å². The smallest absolute Gasteiger partial charge is 0.262 e. The molecule has 3 amide bonds. The second-order valence-corrected chi connectivity index (χ2v) is 9.32. The molecule has 0 spiro atoms. The van der Waals surface area contributed by atoms with Crippen molar-refractivity contribution in [3.63, 3.8) is 0 Å². The second kappa shape index (κ2) is 11.8. The summed E-state index contributed by atoms with van der Waals surface area (Å²) in [7, 11) is 4.70. The van der Waals surface area contributed by atoms with Crippen LogP contribution in [0, 0.1) is 0 Å². The Morgan fingerprint density at radius 1 is 1.06 bits per heavy atom. The molecule has 0 unspecified atom stereocenters. The third-order valence-electron chi connectivity index (χ3n) is 5.29. The first kappa shape index (κ1) is 26.9. The Bertz CT molecular complexity index is 1180. The number of ether oxygens (including phenoxy) is 2. The van der Waals surface area contributed by atoms with Crippen LogP contribution in [0.2, 0.25) is 0 Å². The molecule has 0 radical (unpaired) electrons. The molecule has 2 aromatic carbocycles. The van der Waals surface area contributed by atoms with Gasteiger partial charge in [0.2, 0.25) is 5.91 Å². The summed E-state index contributed by atoms with van der Waals surface area (Å²) in [5.74, 6) is -1.06. The van der Waals surface area contributed by atoms with Crippen LogP contribution >= 0.6 is 31.9 Å². The summed E-state index contributed by atoms with van der Waals surface area (Å²) in [6, 6.07) is 6.98. The average Bonchev–Trinajstić information content (AvgIpc) is 3.03. The molecule has 0 atom stereocenters. The number of nitrogens with zero attached hydrogens (tertiary/aromatic N) is 4. The van der Waals surface area contributed by atoms with Gasteiger partial charge in [-0.1, -0.05) is 0 Å². The molecule has 0 aliphatic carbocycles. The zero-order chi connectivity index (χ0) is 25.7. The standard InChI is InChI=1S/C23H25Br2N5O5/c1-13(31)26-18-11-14(30(7-9-34-3)8-10-35-4)5-6-17(18)27-28-21-16(24)12-15-19(20(21)25)23(33)29(2)22(15)32/h5-6,11-12H,7-10H2,1-4H3,(H,26,31). The minimum atomic E-state index is -0.420. The minimum Gasteiger partial charge on any atom is -0.383 e. The lowest BCUT2D eigenvalue weighted by Gasteiger charge is -2.25. The van der Waals surface area contributed by atoms with E-state index in [1.54, 1.807) is 26.4 Å². The number of methoxy groups -OCH3 is 2. The summed E-state index contributed by atoms with van der Waals surface area (Å²) in [4.78, 5) is 39.8. The fraction of sp³-hybridized carbons (Fsp3) is 0.348. The highest BCUT2D eigenvalue weighted by Gasteiger charge is 2.36. The van der Waals surface area contributed by atoms with Crippen molar-refractivity contribution in [3.05, 3.63) is 44.3 Å². The molecular formula is C23H25Br2N5O5. The summed E-state index contributed by atoms with van der Waals surface area (Å²) in [5.41, 5.74) is 2.61. The van der Waals surface area contributed by atoms with Gasteiger partial charge in [-0.25, -0.2) is 0 Å². The van der Waals surface area contributed by atoms with Crippen LogP contribution in [0.1, 0.15) is 27.6 Å². The summed E-state index contributed by atoms with van der Waals surface area (Å²) in [6.45, 7) is 3.73. The van der Waals surface area contributed by atoms with Gasteiger partial charge in [-0.05, 0) is 56.1 Å². The van der Waals surface area contributed by atoms with E-state index < -0.39 is 5.91 Å². The Kier molecular flexibility index (Phi) is 9.11. The molecule has 186 valence electrons. The van der Waals surface area contributed by atoms with Gasteiger partial charge in [-0.15, -0.1) is 10.2 Å². The van der Waals surface area contributed by atoms with Crippen molar-refractivity contribution in [2.75, 3.05) is 57.8 Å². The molecule has 1 aliphatic heterocycles. The number of carbonyl (C=O) groups excluding carboxylic acids is 3. The van der Waals surface area contributed by atoms with E-state index in [1.807, 2.05) is 12.1 Å². The number of halogens is 2. The van der Waals surface area contributed by atoms with Gasteiger partial charge in [0.25, 0.3) is 11.8 Å². The van der Waals surface area contributed by atoms with Crippen LogP contribution < -0.4 is 10.2 Å². The molecule has 1 aliphatic rings.